The number of piperazine rings is 1. The van der Waals surface area contributed by atoms with Crippen LogP contribution < -0.4 is 15.4 Å². The minimum absolute atomic E-state index is 0.0855. The summed E-state index contributed by atoms with van der Waals surface area (Å²) in [5.74, 6) is 1.85. The summed E-state index contributed by atoms with van der Waals surface area (Å²) in [5, 5.41) is 0.884. The van der Waals surface area contributed by atoms with Crippen LogP contribution >= 0.6 is 11.3 Å². The molecule has 152 valence electrons. The third-order valence-electron chi connectivity index (χ3n) is 6.05. The molecule has 0 radical (unpaired) electrons. The van der Waals surface area contributed by atoms with Crippen LogP contribution in [0.2, 0.25) is 0 Å². The number of hydrogen-bond donors (Lipinski definition) is 0. The zero-order chi connectivity index (χ0) is 20.0. The van der Waals surface area contributed by atoms with Crippen molar-refractivity contribution in [3.63, 3.8) is 0 Å². The largest absolute Gasteiger partial charge is 0.353 e. The van der Waals surface area contributed by atoms with Gasteiger partial charge in [0.15, 0.2) is 0 Å². The summed E-state index contributed by atoms with van der Waals surface area (Å²) >= 11 is 1.74. The Bertz CT molecular complexity index is 1080. The lowest BCUT2D eigenvalue weighted by atomic mass is 9.97. The molecule has 0 unspecified atom stereocenters. The van der Waals surface area contributed by atoms with Gasteiger partial charge in [-0.1, -0.05) is 6.07 Å². The van der Waals surface area contributed by atoms with Gasteiger partial charge in [-0.3, -0.25) is 9.36 Å². The normalized spacial score (nSPS) is 17.2. The predicted molar refractivity (Wildman–Crippen MR) is 120 cm³/mol. The fraction of sp³-hybridized carbons (Fsp3) is 0.500. The molecule has 29 heavy (non-hydrogen) atoms. The molecule has 0 atom stereocenters. The van der Waals surface area contributed by atoms with Crippen molar-refractivity contribution in [2.45, 2.75) is 45.6 Å². The van der Waals surface area contributed by atoms with Gasteiger partial charge in [-0.05, 0) is 57.2 Å². The van der Waals surface area contributed by atoms with Crippen molar-refractivity contribution in [3.8, 4) is 0 Å². The van der Waals surface area contributed by atoms with E-state index in [9.17, 15) is 4.79 Å². The molecule has 1 aliphatic carbocycles. The maximum Gasteiger partial charge on any atom is 0.264 e. The van der Waals surface area contributed by atoms with Crippen LogP contribution in [0.25, 0.3) is 10.2 Å². The number of hydrogen-bond acceptors (Lipinski definition) is 6. The van der Waals surface area contributed by atoms with Gasteiger partial charge < -0.3 is 9.80 Å². The molecular weight excluding hydrogens is 382 g/mol. The molecule has 7 heteroatoms. The zero-order valence-corrected chi connectivity index (χ0v) is 17.9. The van der Waals surface area contributed by atoms with Gasteiger partial charge in [0.1, 0.15) is 10.6 Å². The Labute approximate surface area is 174 Å². The molecule has 1 fully saturated rings. The Kier molecular flexibility index (Phi) is 4.78. The lowest BCUT2D eigenvalue weighted by Gasteiger charge is -2.37. The lowest BCUT2D eigenvalue weighted by molar-refractivity contribution is 0.544. The SMILES string of the molecule is CC(C)n1c(N2CCN(c3ccccn3)CC2)nc2sc3c(c2c1=O)CCCC3. The van der Waals surface area contributed by atoms with Gasteiger partial charge >= 0.3 is 0 Å². The summed E-state index contributed by atoms with van der Waals surface area (Å²) in [4.78, 5) is 30.0. The first-order chi connectivity index (χ1) is 14.1. The molecule has 1 aliphatic heterocycles. The first-order valence-electron chi connectivity index (χ1n) is 10.6. The summed E-state index contributed by atoms with van der Waals surface area (Å²) in [6.07, 6.45) is 6.35. The van der Waals surface area contributed by atoms with Crippen LogP contribution in [0.15, 0.2) is 29.2 Å². The van der Waals surface area contributed by atoms with E-state index >= 15 is 0 Å². The topological polar surface area (TPSA) is 54.3 Å². The molecule has 5 rings (SSSR count). The number of pyridine rings is 1. The molecule has 0 aromatic carbocycles. The third kappa shape index (κ3) is 3.21. The molecule has 0 N–H and O–H groups in total. The van der Waals surface area contributed by atoms with Crippen molar-refractivity contribution in [2.75, 3.05) is 36.0 Å². The highest BCUT2D eigenvalue weighted by molar-refractivity contribution is 7.18. The van der Waals surface area contributed by atoms with Gasteiger partial charge in [-0.25, -0.2) is 9.97 Å². The van der Waals surface area contributed by atoms with Crippen LogP contribution in [0.3, 0.4) is 0 Å². The Balaban J connectivity index is 1.51. The van der Waals surface area contributed by atoms with Crippen molar-refractivity contribution in [1.29, 1.82) is 0 Å². The second-order valence-electron chi connectivity index (χ2n) is 8.23. The number of aromatic nitrogens is 3. The number of rotatable bonds is 3. The summed E-state index contributed by atoms with van der Waals surface area (Å²) in [6, 6.07) is 6.11. The first kappa shape index (κ1) is 18.6. The second-order valence-corrected chi connectivity index (χ2v) is 9.32. The first-order valence-corrected chi connectivity index (χ1v) is 11.4. The molecule has 0 amide bonds. The Morgan fingerprint density at radius 1 is 1.03 bits per heavy atom. The van der Waals surface area contributed by atoms with E-state index in [0.29, 0.717) is 0 Å². The Morgan fingerprint density at radius 3 is 2.52 bits per heavy atom. The van der Waals surface area contributed by atoms with E-state index in [0.717, 1.165) is 61.0 Å². The minimum atomic E-state index is 0.0855. The Morgan fingerprint density at radius 2 is 1.79 bits per heavy atom. The second kappa shape index (κ2) is 7.44. The highest BCUT2D eigenvalue weighted by Gasteiger charge is 2.27. The fourth-order valence-corrected chi connectivity index (χ4v) is 5.82. The average molecular weight is 410 g/mol. The number of fused-ring (bicyclic) bond motifs is 3. The third-order valence-corrected chi connectivity index (χ3v) is 7.24. The smallest absolute Gasteiger partial charge is 0.264 e. The van der Waals surface area contributed by atoms with Gasteiger partial charge in [-0.2, -0.15) is 0 Å². The van der Waals surface area contributed by atoms with E-state index in [1.165, 1.54) is 23.3 Å². The molecule has 2 aliphatic rings. The molecule has 3 aromatic rings. The quantitative estimate of drug-likeness (QED) is 0.661. The van der Waals surface area contributed by atoms with E-state index in [1.807, 2.05) is 22.9 Å². The minimum Gasteiger partial charge on any atom is -0.353 e. The van der Waals surface area contributed by atoms with Crippen LogP contribution in [0.4, 0.5) is 11.8 Å². The molecule has 0 bridgehead atoms. The van der Waals surface area contributed by atoms with E-state index in [4.69, 9.17) is 4.98 Å². The monoisotopic (exact) mass is 409 g/mol. The van der Waals surface area contributed by atoms with Crippen LogP contribution in [0.1, 0.15) is 43.2 Å². The zero-order valence-electron chi connectivity index (χ0n) is 17.1. The van der Waals surface area contributed by atoms with Crippen molar-refractivity contribution in [2.24, 2.45) is 0 Å². The molecule has 1 saturated heterocycles. The Hall–Kier alpha value is -2.41. The number of aryl methyl sites for hydroxylation is 2. The van der Waals surface area contributed by atoms with Crippen molar-refractivity contribution >= 4 is 33.3 Å². The number of anilines is 2. The van der Waals surface area contributed by atoms with Crippen molar-refractivity contribution in [3.05, 3.63) is 45.2 Å². The summed E-state index contributed by atoms with van der Waals surface area (Å²) in [7, 11) is 0. The maximum absolute atomic E-state index is 13.5. The summed E-state index contributed by atoms with van der Waals surface area (Å²) < 4.78 is 1.92. The molecule has 3 aromatic heterocycles. The summed E-state index contributed by atoms with van der Waals surface area (Å²) in [6.45, 7) is 7.61. The highest BCUT2D eigenvalue weighted by atomic mass is 32.1. The van der Waals surface area contributed by atoms with Crippen molar-refractivity contribution in [1.82, 2.24) is 14.5 Å². The van der Waals surface area contributed by atoms with Gasteiger partial charge in [0.05, 0.1) is 5.39 Å². The van der Waals surface area contributed by atoms with Gasteiger partial charge in [-0.15, -0.1) is 11.3 Å². The standard InChI is InChI=1S/C22H27N5OS/c1-15(2)27-21(28)19-16-7-3-4-8-17(16)29-20(19)24-22(27)26-13-11-25(12-14-26)18-9-5-6-10-23-18/h5-6,9-10,15H,3-4,7-8,11-14H2,1-2H3. The molecule has 0 saturated carbocycles. The molecular formula is C22H27N5OS. The van der Waals surface area contributed by atoms with Crippen molar-refractivity contribution < 1.29 is 0 Å². The van der Waals surface area contributed by atoms with Gasteiger partial charge in [0.2, 0.25) is 5.95 Å². The van der Waals surface area contributed by atoms with E-state index in [2.05, 4.69) is 34.7 Å². The predicted octanol–water partition coefficient (Wildman–Crippen LogP) is 3.64. The van der Waals surface area contributed by atoms with E-state index in [-0.39, 0.29) is 11.6 Å². The maximum atomic E-state index is 13.5. The van der Waals surface area contributed by atoms with Crippen LogP contribution in [0.5, 0.6) is 0 Å². The summed E-state index contributed by atoms with van der Waals surface area (Å²) in [5.41, 5.74) is 1.42. The average Bonchev–Trinajstić information content (AvgIpc) is 3.13. The number of thiophene rings is 1. The molecule has 6 nitrogen and oxygen atoms in total. The van der Waals surface area contributed by atoms with E-state index in [1.54, 1.807) is 11.3 Å². The van der Waals surface area contributed by atoms with Crippen LogP contribution in [-0.4, -0.2) is 40.7 Å². The highest BCUT2D eigenvalue weighted by Crippen LogP contribution is 2.35. The molecule has 4 heterocycles. The van der Waals surface area contributed by atoms with Gasteiger partial charge in [0, 0.05) is 43.3 Å². The fourth-order valence-electron chi connectivity index (χ4n) is 4.57. The number of nitrogens with zero attached hydrogens (tertiary/aromatic N) is 5. The van der Waals surface area contributed by atoms with Gasteiger partial charge in [0.25, 0.3) is 5.56 Å². The van der Waals surface area contributed by atoms with Crippen LogP contribution in [0, 0.1) is 0 Å². The lowest BCUT2D eigenvalue weighted by Crippen LogP contribution is -2.48. The molecule has 0 spiro atoms. The van der Waals surface area contributed by atoms with Crippen LogP contribution in [-0.2, 0) is 12.8 Å². The van der Waals surface area contributed by atoms with E-state index < -0.39 is 0 Å².